The van der Waals surface area contributed by atoms with Gasteiger partial charge in [-0.3, -0.25) is 10.7 Å². The highest BCUT2D eigenvalue weighted by Crippen LogP contribution is 2.25. The zero-order valence-electron chi connectivity index (χ0n) is 14.4. The summed E-state index contributed by atoms with van der Waals surface area (Å²) in [6.07, 6.45) is -0.520. The van der Waals surface area contributed by atoms with E-state index in [2.05, 4.69) is 25.5 Å². The summed E-state index contributed by atoms with van der Waals surface area (Å²) in [7, 11) is 1.63. The predicted octanol–water partition coefficient (Wildman–Crippen LogP) is 2.24. The lowest BCUT2D eigenvalue weighted by Crippen LogP contribution is -2.40. The zero-order chi connectivity index (χ0) is 18.1. The third kappa shape index (κ3) is 6.38. The summed E-state index contributed by atoms with van der Waals surface area (Å²) in [5, 5.41) is 10.9. The predicted molar refractivity (Wildman–Crippen MR) is 99.9 cm³/mol. The van der Waals surface area contributed by atoms with Crippen molar-refractivity contribution in [3.63, 3.8) is 0 Å². The summed E-state index contributed by atoms with van der Waals surface area (Å²) >= 11 is 6.35. The van der Waals surface area contributed by atoms with Gasteiger partial charge in [-0.2, -0.15) is 9.47 Å². The summed E-state index contributed by atoms with van der Waals surface area (Å²) in [5.74, 6) is 0. The number of methoxy groups -OCH3 is 1. The van der Waals surface area contributed by atoms with E-state index in [9.17, 15) is 4.79 Å². The molecule has 0 radical (unpaired) electrons. The molecule has 0 aliphatic carbocycles. The van der Waals surface area contributed by atoms with Crippen molar-refractivity contribution >= 4 is 45.7 Å². The van der Waals surface area contributed by atoms with Gasteiger partial charge in [-0.05, 0) is 51.4 Å². The molecule has 24 heavy (non-hydrogen) atoms. The topological polar surface area (TPSA) is 96.9 Å². The molecule has 0 aromatic carbocycles. The average molecular weight is 374 g/mol. The van der Waals surface area contributed by atoms with Crippen molar-refractivity contribution in [2.24, 2.45) is 5.10 Å². The molecule has 0 saturated heterocycles. The third-order valence-electron chi connectivity index (χ3n) is 2.83. The Bertz CT molecular complexity index is 603. The molecule has 0 spiro atoms. The van der Waals surface area contributed by atoms with E-state index < -0.39 is 6.09 Å². The molecule has 0 bridgehead atoms. The van der Waals surface area contributed by atoms with E-state index in [1.165, 1.54) is 11.5 Å². The van der Waals surface area contributed by atoms with Crippen LogP contribution in [-0.2, 0) is 9.47 Å². The first kappa shape index (κ1) is 20.3. The number of hydrazone groups is 1. The molecule has 0 saturated carbocycles. The van der Waals surface area contributed by atoms with E-state index in [4.69, 9.17) is 21.7 Å². The number of carbonyl (C=O) groups is 1. The number of carbonyl (C=O) groups excluding carboxylic acids is 1. The summed E-state index contributed by atoms with van der Waals surface area (Å²) in [5.41, 5.74) is 4.94. The fraction of sp³-hybridized carbons (Fsp3) is 0.571. The number of ether oxygens (including phenoxy) is 2. The fourth-order valence-corrected chi connectivity index (χ4v) is 2.96. The van der Waals surface area contributed by atoms with Gasteiger partial charge >= 0.3 is 6.09 Å². The monoisotopic (exact) mass is 373 g/mol. The van der Waals surface area contributed by atoms with Crippen molar-refractivity contribution in [3.8, 4) is 0 Å². The minimum Gasteiger partial charge on any atom is -0.450 e. The smallest absolute Gasteiger partial charge is 0.412 e. The number of aromatic nitrogens is 1. The van der Waals surface area contributed by atoms with E-state index in [0.29, 0.717) is 29.0 Å². The zero-order valence-corrected chi connectivity index (χ0v) is 16.1. The maximum atomic E-state index is 11.6. The molecular weight excluding hydrogens is 350 g/mol. The van der Waals surface area contributed by atoms with Crippen molar-refractivity contribution in [2.75, 3.05) is 25.6 Å². The van der Waals surface area contributed by atoms with Crippen LogP contribution in [0.4, 0.5) is 9.80 Å². The molecule has 0 aliphatic heterocycles. The van der Waals surface area contributed by atoms with Gasteiger partial charge in [-0.25, -0.2) is 4.79 Å². The molecule has 1 aromatic heterocycles. The van der Waals surface area contributed by atoms with Crippen molar-refractivity contribution < 1.29 is 14.3 Å². The number of thiocarbonyl (C=S) groups is 1. The lowest BCUT2D eigenvalue weighted by Gasteiger charge is -2.14. The molecule has 8 nitrogen and oxygen atoms in total. The van der Waals surface area contributed by atoms with Crippen LogP contribution in [0.5, 0.6) is 0 Å². The number of anilines is 1. The lowest BCUT2D eigenvalue weighted by atomic mass is 10.2. The Kier molecular flexibility index (Phi) is 8.58. The molecule has 1 atom stereocenters. The van der Waals surface area contributed by atoms with Gasteiger partial charge in [0, 0.05) is 13.2 Å². The second-order valence-corrected chi connectivity index (χ2v) is 6.14. The van der Waals surface area contributed by atoms with Crippen molar-refractivity contribution in [1.82, 2.24) is 15.1 Å². The van der Waals surface area contributed by atoms with Crippen LogP contribution in [0.3, 0.4) is 0 Å². The van der Waals surface area contributed by atoms with Crippen LogP contribution in [-0.4, -0.2) is 47.7 Å². The first-order chi connectivity index (χ1) is 11.4. The Hall–Kier alpha value is -1.78. The number of hydrogen-bond donors (Lipinski definition) is 3. The minimum absolute atomic E-state index is 0.0658. The normalized spacial score (nSPS) is 12.5. The molecule has 0 unspecified atom stereocenters. The van der Waals surface area contributed by atoms with Crippen LogP contribution in [0.15, 0.2) is 5.10 Å². The van der Waals surface area contributed by atoms with Crippen molar-refractivity contribution in [3.05, 3.63) is 11.3 Å². The first-order valence-electron chi connectivity index (χ1n) is 7.39. The molecule has 1 aromatic rings. The number of amides is 1. The molecule has 0 aliphatic rings. The number of hydrogen-bond acceptors (Lipinski definition) is 7. The molecule has 1 amide bonds. The Morgan fingerprint density at radius 3 is 2.83 bits per heavy atom. The standard InChI is InChI=1S/C14H23N5O3S2/c1-6-22-14(20)16-12-11(10(4)19-24-12)9(3)17-18-13(23)15-8(2)7-21-5/h8H,6-7H2,1-5H3,(H,16,20)(H2,15,18,23)/b17-9+/t8-/m1/s1. The summed E-state index contributed by atoms with van der Waals surface area (Å²) in [4.78, 5) is 11.6. The Labute approximate surface area is 151 Å². The Balaban J connectivity index is 2.76. The largest absolute Gasteiger partial charge is 0.450 e. The molecule has 1 heterocycles. The summed E-state index contributed by atoms with van der Waals surface area (Å²) in [6.45, 7) is 8.18. The van der Waals surface area contributed by atoms with Gasteiger partial charge in [0.25, 0.3) is 0 Å². The second kappa shape index (κ2) is 10.2. The van der Waals surface area contributed by atoms with Crippen LogP contribution in [0.25, 0.3) is 0 Å². The SMILES string of the molecule is CCOC(=O)Nc1snc(C)c1/C(C)=N/NC(=S)N[C@H](C)COC. The van der Waals surface area contributed by atoms with Crippen molar-refractivity contribution in [2.45, 2.75) is 33.7 Å². The second-order valence-electron chi connectivity index (χ2n) is 4.96. The highest BCUT2D eigenvalue weighted by Gasteiger charge is 2.16. The fourth-order valence-electron chi connectivity index (χ4n) is 1.88. The third-order valence-corrected chi connectivity index (χ3v) is 3.90. The molecule has 1 rings (SSSR count). The van der Waals surface area contributed by atoms with E-state index in [-0.39, 0.29) is 6.04 Å². The van der Waals surface area contributed by atoms with Crippen LogP contribution in [0.2, 0.25) is 0 Å². The number of nitrogens with one attached hydrogen (secondary N) is 3. The van der Waals surface area contributed by atoms with Crippen LogP contribution in [0, 0.1) is 6.92 Å². The van der Waals surface area contributed by atoms with Crippen LogP contribution in [0.1, 0.15) is 32.0 Å². The van der Waals surface area contributed by atoms with Crippen molar-refractivity contribution in [1.29, 1.82) is 0 Å². The Morgan fingerprint density at radius 1 is 1.50 bits per heavy atom. The highest BCUT2D eigenvalue weighted by molar-refractivity contribution is 7.80. The van der Waals surface area contributed by atoms with Gasteiger partial charge in [0.15, 0.2) is 5.11 Å². The molecule has 0 fully saturated rings. The maximum absolute atomic E-state index is 11.6. The van der Waals surface area contributed by atoms with Gasteiger partial charge in [-0.15, -0.1) is 0 Å². The van der Waals surface area contributed by atoms with Gasteiger partial charge < -0.3 is 14.8 Å². The minimum atomic E-state index is -0.520. The van der Waals surface area contributed by atoms with Crippen LogP contribution >= 0.6 is 23.8 Å². The molecular formula is C14H23N5O3S2. The lowest BCUT2D eigenvalue weighted by molar-refractivity contribution is 0.168. The van der Waals surface area contributed by atoms with E-state index in [1.54, 1.807) is 21.0 Å². The maximum Gasteiger partial charge on any atom is 0.412 e. The first-order valence-corrected chi connectivity index (χ1v) is 8.57. The van der Waals surface area contributed by atoms with E-state index >= 15 is 0 Å². The number of aryl methyl sites for hydroxylation is 1. The van der Waals surface area contributed by atoms with Crippen LogP contribution < -0.4 is 16.1 Å². The molecule has 3 N–H and O–H groups in total. The summed E-state index contributed by atoms with van der Waals surface area (Å²) < 4.78 is 14.2. The van der Waals surface area contributed by atoms with Gasteiger partial charge in [-0.1, -0.05) is 0 Å². The highest BCUT2D eigenvalue weighted by atomic mass is 32.1. The van der Waals surface area contributed by atoms with Gasteiger partial charge in [0.1, 0.15) is 5.00 Å². The Morgan fingerprint density at radius 2 is 2.21 bits per heavy atom. The van der Waals surface area contributed by atoms with E-state index in [0.717, 1.165) is 11.3 Å². The molecule has 10 heteroatoms. The average Bonchev–Trinajstić information content (AvgIpc) is 2.86. The number of nitrogens with zero attached hydrogens (tertiary/aromatic N) is 2. The summed E-state index contributed by atoms with van der Waals surface area (Å²) in [6, 6.07) is 0.0658. The van der Waals surface area contributed by atoms with E-state index in [1.807, 2.05) is 13.8 Å². The number of rotatable bonds is 7. The van der Waals surface area contributed by atoms with Gasteiger partial charge in [0.05, 0.1) is 30.2 Å². The molecule has 134 valence electrons. The van der Waals surface area contributed by atoms with Gasteiger partial charge in [0.2, 0.25) is 0 Å². The quantitative estimate of drug-likeness (QED) is 0.383.